The highest BCUT2D eigenvalue weighted by molar-refractivity contribution is 7.10. The van der Waals surface area contributed by atoms with Crippen LogP contribution in [-0.2, 0) is 4.79 Å². The third-order valence-electron chi connectivity index (χ3n) is 1.63. The van der Waals surface area contributed by atoms with Crippen molar-refractivity contribution in [3.8, 4) is 0 Å². The van der Waals surface area contributed by atoms with Gasteiger partial charge in [-0.05, 0) is 13.3 Å². The second-order valence-electron chi connectivity index (χ2n) is 2.98. The molecule has 0 radical (unpaired) electrons. The van der Waals surface area contributed by atoms with Gasteiger partial charge in [0.1, 0.15) is 5.01 Å². The summed E-state index contributed by atoms with van der Waals surface area (Å²) in [5.41, 5.74) is 0.902. The molecule has 0 aliphatic heterocycles. The molecule has 0 spiro atoms. The Kier molecular flexibility index (Phi) is 4.35. The van der Waals surface area contributed by atoms with Crippen molar-refractivity contribution in [3.05, 3.63) is 16.1 Å². The van der Waals surface area contributed by atoms with Gasteiger partial charge in [-0.25, -0.2) is 4.98 Å². The van der Waals surface area contributed by atoms with E-state index in [0.717, 1.165) is 12.1 Å². The Labute approximate surface area is 92.5 Å². The number of aromatic nitrogens is 1. The van der Waals surface area contributed by atoms with Crippen molar-refractivity contribution in [2.75, 3.05) is 6.54 Å². The zero-order chi connectivity index (χ0) is 10.6. The van der Waals surface area contributed by atoms with Gasteiger partial charge < -0.3 is 5.32 Å². The van der Waals surface area contributed by atoms with Crippen LogP contribution < -0.4 is 5.32 Å². The number of hydrogen-bond acceptors (Lipinski definition) is 3. The molecule has 1 rings (SSSR count). The molecule has 1 amide bonds. The number of carbonyl (C=O) groups excluding carboxylic acids is 1. The summed E-state index contributed by atoms with van der Waals surface area (Å²) in [5, 5.41) is 4.63. The molecule has 14 heavy (non-hydrogen) atoms. The molecule has 78 valence electrons. The van der Waals surface area contributed by atoms with Crippen molar-refractivity contribution < 1.29 is 4.79 Å². The second-order valence-corrected chi connectivity index (χ2v) is 4.31. The lowest BCUT2D eigenvalue weighted by Gasteiger charge is -2.06. The van der Waals surface area contributed by atoms with Crippen molar-refractivity contribution in [1.82, 2.24) is 10.3 Å². The molecule has 0 aliphatic carbocycles. The SMILES string of the molecule is CCCNC(=O)C(Cl)c1nc(C)cs1. The van der Waals surface area contributed by atoms with E-state index in [1.807, 2.05) is 19.2 Å². The number of aryl methyl sites for hydroxylation is 1. The molecule has 0 bridgehead atoms. The summed E-state index contributed by atoms with van der Waals surface area (Å²) in [6.45, 7) is 4.54. The van der Waals surface area contributed by atoms with Crippen molar-refractivity contribution in [2.45, 2.75) is 25.6 Å². The van der Waals surface area contributed by atoms with E-state index in [9.17, 15) is 4.79 Å². The first-order valence-electron chi connectivity index (χ1n) is 4.49. The van der Waals surface area contributed by atoms with Crippen LogP contribution in [0.3, 0.4) is 0 Å². The minimum absolute atomic E-state index is 0.164. The van der Waals surface area contributed by atoms with E-state index in [2.05, 4.69) is 10.3 Å². The maximum atomic E-state index is 11.4. The first-order chi connectivity index (χ1) is 6.65. The van der Waals surface area contributed by atoms with Crippen molar-refractivity contribution in [2.24, 2.45) is 0 Å². The highest BCUT2D eigenvalue weighted by Gasteiger charge is 2.19. The lowest BCUT2D eigenvalue weighted by molar-refractivity contribution is -0.120. The van der Waals surface area contributed by atoms with Crippen LogP contribution in [0.25, 0.3) is 0 Å². The monoisotopic (exact) mass is 232 g/mol. The number of hydrogen-bond donors (Lipinski definition) is 1. The van der Waals surface area contributed by atoms with E-state index < -0.39 is 5.38 Å². The van der Waals surface area contributed by atoms with Crippen LogP contribution in [-0.4, -0.2) is 17.4 Å². The minimum Gasteiger partial charge on any atom is -0.354 e. The number of rotatable bonds is 4. The van der Waals surface area contributed by atoms with Crippen LogP contribution >= 0.6 is 22.9 Å². The lowest BCUT2D eigenvalue weighted by Crippen LogP contribution is -2.27. The fourth-order valence-corrected chi connectivity index (χ4v) is 1.99. The Morgan fingerprint density at radius 3 is 3.00 bits per heavy atom. The Morgan fingerprint density at radius 1 is 1.79 bits per heavy atom. The van der Waals surface area contributed by atoms with Gasteiger partial charge >= 0.3 is 0 Å². The third-order valence-corrected chi connectivity index (χ3v) is 3.19. The summed E-state index contributed by atoms with van der Waals surface area (Å²) in [5.74, 6) is -0.164. The van der Waals surface area contributed by atoms with Gasteiger partial charge in [-0.1, -0.05) is 6.92 Å². The fraction of sp³-hybridized carbons (Fsp3) is 0.556. The molecule has 0 saturated carbocycles. The van der Waals surface area contributed by atoms with E-state index in [1.165, 1.54) is 11.3 Å². The van der Waals surface area contributed by atoms with Crippen LogP contribution in [0, 0.1) is 6.92 Å². The Balaban J connectivity index is 2.56. The average Bonchev–Trinajstić information content (AvgIpc) is 2.60. The quantitative estimate of drug-likeness (QED) is 0.810. The van der Waals surface area contributed by atoms with Crippen molar-refractivity contribution >= 4 is 28.8 Å². The molecule has 1 N–H and O–H groups in total. The largest absolute Gasteiger partial charge is 0.354 e. The van der Waals surface area contributed by atoms with E-state index in [4.69, 9.17) is 11.6 Å². The number of thiazole rings is 1. The molecule has 0 aromatic carbocycles. The first-order valence-corrected chi connectivity index (χ1v) is 5.80. The molecule has 1 unspecified atom stereocenters. The van der Waals surface area contributed by atoms with Gasteiger partial charge in [-0.3, -0.25) is 4.79 Å². The van der Waals surface area contributed by atoms with E-state index in [1.54, 1.807) is 0 Å². The number of amides is 1. The minimum atomic E-state index is -0.653. The summed E-state index contributed by atoms with van der Waals surface area (Å²) < 4.78 is 0. The van der Waals surface area contributed by atoms with Crippen molar-refractivity contribution in [1.29, 1.82) is 0 Å². The van der Waals surface area contributed by atoms with Crippen LogP contribution in [0.1, 0.15) is 29.4 Å². The number of nitrogens with zero attached hydrogens (tertiary/aromatic N) is 1. The molecule has 0 fully saturated rings. The van der Waals surface area contributed by atoms with Crippen LogP contribution in [0.4, 0.5) is 0 Å². The zero-order valence-corrected chi connectivity index (χ0v) is 9.78. The number of alkyl halides is 1. The lowest BCUT2D eigenvalue weighted by atomic mass is 10.4. The fourth-order valence-electron chi connectivity index (χ4n) is 0.939. The highest BCUT2D eigenvalue weighted by Crippen LogP contribution is 2.23. The molecule has 1 aromatic rings. The van der Waals surface area contributed by atoms with Gasteiger partial charge in [0.15, 0.2) is 5.38 Å². The van der Waals surface area contributed by atoms with Gasteiger partial charge in [-0.15, -0.1) is 22.9 Å². The predicted molar refractivity (Wildman–Crippen MR) is 58.7 cm³/mol. The molecular weight excluding hydrogens is 220 g/mol. The standard InChI is InChI=1S/C9H13ClN2OS/c1-3-4-11-8(13)7(10)9-12-6(2)5-14-9/h5,7H,3-4H2,1-2H3,(H,11,13). The summed E-state index contributed by atoms with van der Waals surface area (Å²) in [6.07, 6.45) is 0.909. The summed E-state index contributed by atoms with van der Waals surface area (Å²) in [6, 6.07) is 0. The maximum absolute atomic E-state index is 11.4. The van der Waals surface area contributed by atoms with Crippen LogP contribution in [0.5, 0.6) is 0 Å². The molecule has 1 atom stereocenters. The van der Waals surface area contributed by atoms with E-state index >= 15 is 0 Å². The maximum Gasteiger partial charge on any atom is 0.245 e. The predicted octanol–water partition coefficient (Wildman–Crippen LogP) is 2.26. The second kappa shape index (κ2) is 5.32. The van der Waals surface area contributed by atoms with Gasteiger partial charge in [0.25, 0.3) is 0 Å². The summed E-state index contributed by atoms with van der Waals surface area (Å²) >= 11 is 7.36. The Hall–Kier alpha value is -0.610. The molecule has 5 heteroatoms. The van der Waals surface area contributed by atoms with Crippen molar-refractivity contribution in [3.63, 3.8) is 0 Å². The van der Waals surface area contributed by atoms with Gasteiger partial charge in [0, 0.05) is 17.6 Å². The molecule has 1 heterocycles. The van der Waals surface area contributed by atoms with Crippen LogP contribution in [0.2, 0.25) is 0 Å². The molecular formula is C9H13ClN2OS. The van der Waals surface area contributed by atoms with E-state index in [0.29, 0.717) is 11.6 Å². The Bertz CT molecular complexity index is 314. The average molecular weight is 233 g/mol. The number of halogens is 1. The first kappa shape index (κ1) is 11.5. The zero-order valence-electron chi connectivity index (χ0n) is 8.21. The molecule has 0 aliphatic rings. The number of nitrogens with one attached hydrogen (secondary N) is 1. The smallest absolute Gasteiger partial charge is 0.245 e. The Morgan fingerprint density at radius 2 is 2.50 bits per heavy atom. The third kappa shape index (κ3) is 2.96. The summed E-state index contributed by atoms with van der Waals surface area (Å²) in [7, 11) is 0. The highest BCUT2D eigenvalue weighted by atomic mass is 35.5. The van der Waals surface area contributed by atoms with Gasteiger partial charge in [0.2, 0.25) is 5.91 Å². The van der Waals surface area contributed by atoms with Gasteiger partial charge in [0.05, 0.1) is 0 Å². The summed E-state index contributed by atoms with van der Waals surface area (Å²) in [4.78, 5) is 15.6. The molecule has 3 nitrogen and oxygen atoms in total. The molecule has 1 aromatic heterocycles. The van der Waals surface area contributed by atoms with Gasteiger partial charge in [-0.2, -0.15) is 0 Å². The van der Waals surface area contributed by atoms with E-state index in [-0.39, 0.29) is 5.91 Å². The topological polar surface area (TPSA) is 42.0 Å². The number of carbonyl (C=O) groups is 1. The molecule has 0 saturated heterocycles. The van der Waals surface area contributed by atoms with Crippen LogP contribution in [0.15, 0.2) is 5.38 Å². The normalized spacial score (nSPS) is 12.5.